The van der Waals surface area contributed by atoms with Gasteiger partial charge in [0, 0.05) is 11.1 Å². The van der Waals surface area contributed by atoms with Crippen molar-refractivity contribution in [3.8, 4) is 0 Å². The second-order valence-electron chi connectivity index (χ2n) is 6.14. The summed E-state index contributed by atoms with van der Waals surface area (Å²) >= 11 is 0. The van der Waals surface area contributed by atoms with Gasteiger partial charge in [-0.3, -0.25) is 0 Å². The fraction of sp³-hybridized carbons (Fsp3) is 0.294. The summed E-state index contributed by atoms with van der Waals surface area (Å²) in [6.45, 7) is 1.67. The maximum Gasteiger partial charge on any atom is 0.164 e. The third-order valence-electron chi connectivity index (χ3n) is 3.97. The van der Waals surface area contributed by atoms with Crippen molar-refractivity contribution in [2.24, 2.45) is 0 Å². The molecule has 0 aromatic heterocycles. The molecule has 0 aliphatic carbocycles. The average Bonchev–Trinajstić information content (AvgIpc) is 2.38. The zero-order valence-corrected chi connectivity index (χ0v) is 11.5. The number of nitrogens with zero attached hydrogens (tertiary/aromatic N) is 1. The number of benzene rings is 2. The molecular weight excluding hydrogens is 234 g/mol. The monoisotopic (exact) mass is 254 g/mol. The molecule has 0 fully saturated rings. The molecule has 2 aromatic carbocycles. The van der Waals surface area contributed by atoms with Crippen LogP contribution in [0.3, 0.4) is 0 Å². The Morgan fingerprint density at radius 2 is 1.58 bits per heavy atom. The normalized spacial score (nSPS) is 24.8. The molecule has 2 nitrogen and oxygen atoms in total. The summed E-state index contributed by atoms with van der Waals surface area (Å²) in [5, 5.41) is 11.3. The van der Waals surface area contributed by atoms with Gasteiger partial charge in [0.15, 0.2) is 5.60 Å². The molecule has 98 valence electrons. The molecule has 0 spiro atoms. The van der Waals surface area contributed by atoms with Gasteiger partial charge < -0.3 is 9.59 Å². The number of quaternary nitrogens is 1. The lowest BCUT2D eigenvalue weighted by atomic mass is 9.80. The van der Waals surface area contributed by atoms with E-state index in [1.54, 1.807) is 0 Å². The highest BCUT2D eigenvalue weighted by atomic mass is 16.3. The first-order chi connectivity index (χ1) is 9.01. The van der Waals surface area contributed by atoms with E-state index in [-0.39, 0.29) is 0 Å². The van der Waals surface area contributed by atoms with Crippen LogP contribution >= 0.6 is 0 Å². The number of rotatable bonds is 1. The van der Waals surface area contributed by atoms with E-state index in [0.29, 0.717) is 6.54 Å². The van der Waals surface area contributed by atoms with Crippen molar-refractivity contribution < 1.29 is 9.59 Å². The van der Waals surface area contributed by atoms with Crippen LogP contribution in [0.25, 0.3) is 0 Å². The van der Waals surface area contributed by atoms with E-state index in [0.717, 1.165) is 22.2 Å². The Bertz CT molecular complexity index is 591. The minimum absolute atomic E-state index is 0.702. The van der Waals surface area contributed by atoms with Crippen molar-refractivity contribution in [2.45, 2.75) is 12.1 Å². The van der Waals surface area contributed by atoms with Crippen LogP contribution in [-0.4, -0.2) is 30.2 Å². The summed E-state index contributed by atoms with van der Waals surface area (Å²) in [7, 11) is 4.34. The van der Waals surface area contributed by atoms with Crippen LogP contribution in [0.4, 0.5) is 0 Å². The van der Waals surface area contributed by atoms with Crippen LogP contribution in [0.15, 0.2) is 54.6 Å². The van der Waals surface area contributed by atoms with Crippen LogP contribution in [0, 0.1) is 0 Å². The summed E-state index contributed by atoms with van der Waals surface area (Å²) in [5.41, 5.74) is 2.39. The quantitative estimate of drug-likeness (QED) is 0.775. The summed E-state index contributed by atoms with van der Waals surface area (Å²) in [4.78, 5) is 0. The Morgan fingerprint density at radius 3 is 2.32 bits per heavy atom. The van der Waals surface area contributed by atoms with Crippen molar-refractivity contribution in [3.05, 3.63) is 71.3 Å². The largest absolute Gasteiger partial charge is 0.375 e. The molecule has 0 saturated carbocycles. The molecule has 1 aliphatic heterocycles. The molecule has 3 rings (SSSR count). The lowest BCUT2D eigenvalue weighted by Gasteiger charge is -2.44. The molecule has 0 saturated heterocycles. The first kappa shape index (κ1) is 12.4. The number of fused-ring (bicyclic) bond motifs is 1. The molecule has 19 heavy (non-hydrogen) atoms. The van der Waals surface area contributed by atoms with Gasteiger partial charge in [0.05, 0.1) is 14.1 Å². The van der Waals surface area contributed by atoms with Gasteiger partial charge in [-0.25, -0.2) is 0 Å². The highest BCUT2D eigenvalue weighted by Crippen LogP contribution is 2.38. The second-order valence-corrected chi connectivity index (χ2v) is 6.14. The molecule has 1 N–H and O–H groups in total. The van der Waals surface area contributed by atoms with Crippen LogP contribution in [0.2, 0.25) is 0 Å². The maximum atomic E-state index is 11.3. The molecule has 1 heterocycles. The smallest absolute Gasteiger partial charge is 0.164 e. The number of hydrogen-bond acceptors (Lipinski definition) is 1. The lowest BCUT2D eigenvalue weighted by molar-refractivity contribution is -0.912. The van der Waals surface area contributed by atoms with E-state index in [1.165, 1.54) is 5.56 Å². The van der Waals surface area contributed by atoms with Crippen LogP contribution in [-0.2, 0) is 12.1 Å². The standard InChI is InChI=1S/C17H20NO/c1-18(2)12-14-8-6-7-11-16(14)17(19,13-18)15-9-4-3-5-10-15/h3-11,19H,12-13H2,1-2H3/q+1. The van der Waals surface area contributed by atoms with Crippen molar-refractivity contribution in [2.75, 3.05) is 20.6 Å². The first-order valence-electron chi connectivity index (χ1n) is 6.70. The Hall–Kier alpha value is -1.64. The van der Waals surface area contributed by atoms with E-state index < -0.39 is 5.60 Å². The molecule has 2 aromatic rings. The van der Waals surface area contributed by atoms with Crippen LogP contribution in [0.1, 0.15) is 16.7 Å². The minimum atomic E-state index is -0.889. The number of aliphatic hydroxyl groups is 1. The second kappa shape index (κ2) is 4.19. The molecule has 0 amide bonds. The number of likely N-dealkylation sites (N-methyl/N-ethyl adjacent to an activating group) is 1. The molecule has 1 aliphatic rings. The van der Waals surface area contributed by atoms with E-state index in [4.69, 9.17) is 0 Å². The molecule has 0 radical (unpaired) electrons. The van der Waals surface area contributed by atoms with Gasteiger partial charge in [0.2, 0.25) is 0 Å². The highest BCUT2D eigenvalue weighted by molar-refractivity contribution is 5.42. The Labute approximate surface area is 114 Å². The molecule has 0 bridgehead atoms. The summed E-state index contributed by atoms with van der Waals surface area (Å²) < 4.78 is 0.794. The highest BCUT2D eigenvalue weighted by Gasteiger charge is 2.44. The zero-order chi connectivity index (χ0) is 13.5. The Balaban J connectivity index is 2.20. The van der Waals surface area contributed by atoms with E-state index >= 15 is 0 Å². The van der Waals surface area contributed by atoms with E-state index in [2.05, 4.69) is 32.3 Å². The third kappa shape index (κ3) is 2.07. The average molecular weight is 254 g/mol. The van der Waals surface area contributed by atoms with Gasteiger partial charge in [-0.1, -0.05) is 54.6 Å². The van der Waals surface area contributed by atoms with E-state index in [1.807, 2.05) is 36.4 Å². The predicted molar refractivity (Wildman–Crippen MR) is 76.6 cm³/mol. The van der Waals surface area contributed by atoms with Crippen LogP contribution in [0.5, 0.6) is 0 Å². The van der Waals surface area contributed by atoms with Crippen molar-refractivity contribution in [1.29, 1.82) is 0 Å². The maximum absolute atomic E-state index is 11.3. The lowest BCUT2D eigenvalue weighted by Crippen LogP contribution is -2.54. The fourth-order valence-corrected chi connectivity index (χ4v) is 3.24. The summed E-state index contributed by atoms with van der Waals surface area (Å²) in [6, 6.07) is 18.2. The first-order valence-corrected chi connectivity index (χ1v) is 6.70. The fourth-order valence-electron chi connectivity index (χ4n) is 3.24. The predicted octanol–water partition coefficient (Wildman–Crippen LogP) is 2.51. The van der Waals surface area contributed by atoms with Gasteiger partial charge in [-0.2, -0.15) is 0 Å². The molecular formula is C17H20NO+. The SMILES string of the molecule is C[N+]1(C)Cc2ccccc2C(O)(c2ccccc2)C1. The van der Waals surface area contributed by atoms with Gasteiger partial charge in [0.1, 0.15) is 13.1 Å². The van der Waals surface area contributed by atoms with Crippen LogP contribution < -0.4 is 0 Å². The van der Waals surface area contributed by atoms with Gasteiger partial charge in [-0.15, -0.1) is 0 Å². The number of hydrogen-bond donors (Lipinski definition) is 1. The minimum Gasteiger partial charge on any atom is -0.375 e. The van der Waals surface area contributed by atoms with Crippen molar-refractivity contribution in [1.82, 2.24) is 0 Å². The molecule has 1 unspecified atom stereocenters. The molecule has 1 atom stereocenters. The third-order valence-corrected chi connectivity index (χ3v) is 3.97. The zero-order valence-electron chi connectivity index (χ0n) is 11.5. The topological polar surface area (TPSA) is 20.2 Å². The van der Waals surface area contributed by atoms with Gasteiger partial charge in [0.25, 0.3) is 0 Å². The van der Waals surface area contributed by atoms with Crippen molar-refractivity contribution in [3.63, 3.8) is 0 Å². The Kier molecular flexibility index (Phi) is 2.73. The summed E-state index contributed by atoms with van der Waals surface area (Å²) in [6.07, 6.45) is 0. The van der Waals surface area contributed by atoms with Crippen molar-refractivity contribution >= 4 is 0 Å². The van der Waals surface area contributed by atoms with Gasteiger partial charge >= 0.3 is 0 Å². The van der Waals surface area contributed by atoms with Gasteiger partial charge in [-0.05, 0) is 5.56 Å². The Morgan fingerprint density at radius 1 is 0.947 bits per heavy atom. The molecule has 2 heteroatoms. The van der Waals surface area contributed by atoms with E-state index in [9.17, 15) is 5.11 Å². The summed E-state index contributed by atoms with van der Waals surface area (Å²) in [5.74, 6) is 0.